The molecule has 1 atom stereocenters. The quantitative estimate of drug-likeness (QED) is 0.919. The first-order valence-corrected chi connectivity index (χ1v) is 7.28. The van der Waals surface area contributed by atoms with Gasteiger partial charge in [-0.25, -0.2) is 0 Å². The monoisotopic (exact) mass is 281 g/mol. The van der Waals surface area contributed by atoms with Gasteiger partial charge < -0.3 is 14.7 Å². The molecule has 4 nitrogen and oxygen atoms in total. The minimum absolute atomic E-state index is 0.207. The molecule has 2 rings (SSSR count). The number of carboxylic acids is 1. The van der Waals surface area contributed by atoms with Crippen LogP contribution in [0, 0.1) is 6.92 Å². The molecule has 1 heterocycles. The summed E-state index contributed by atoms with van der Waals surface area (Å²) in [6.45, 7) is 2.09. The summed E-state index contributed by atoms with van der Waals surface area (Å²) in [5.74, 6) is 1.04. The Morgan fingerprint density at radius 3 is 2.95 bits per heavy atom. The van der Waals surface area contributed by atoms with E-state index in [9.17, 15) is 4.79 Å². The van der Waals surface area contributed by atoms with Crippen LogP contribution in [0.15, 0.2) is 17.0 Å². The zero-order valence-electron chi connectivity index (χ0n) is 11.5. The third-order valence-electron chi connectivity index (χ3n) is 3.52. The van der Waals surface area contributed by atoms with Crippen LogP contribution in [0.25, 0.3) is 0 Å². The van der Waals surface area contributed by atoms with E-state index in [-0.39, 0.29) is 12.5 Å². The number of nitrogens with zero attached hydrogens (tertiary/aromatic N) is 1. The molecule has 0 aromatic heterocycles. The molecule has 5 heteroatoms. The molecule has 0 amide bonds. The average Bonchev–Trinajstić information content (AvgIpc) is 2.38. The van der Waals surface area contributed by atoms with Crippen molar-refractivity contribution in [1.82, 2.24) is 0 Å². The van der Waals surface area contributed by atoms with Crippen LogP contribution in [0.5, 0.6) is 5.75 Å². The number of rotatable bonds is 4. The second kappa shape index (κ2) is 5.74. The van der Waals surface area contributed by atoms with Crippen LogP contribution in [0.1, 0.15) is 18.4 Å². The van der Waals surface area contributed by atoms with Crippen molar-refractivity contribution in [3.63, 3.8) is 0 Å². The molecule has 0 radical (unpaired) electrons. The Morgan fingerprint density at radius 1 is 1.58 bits per heavy atom. The van der Waals surface area contributed by atoms with E-state index < -0.39 is 5.97 Å². The molecule has 1 aliphatic rings. The highest BCUT2D eigenvalue weighted by Gasteiger charge is 2.28. The van der Waals surface area contributed by atoms with Crippen LogP contribution in [0.4, 0.5) is 5.69 Å². The molecule has 19 heavy (non-hydrogen) atoms. The van der Waals surface area contributed by atoms with Gasteiger partial charge in [-0.3, -0.25) is 4.79 Å². The van der Waals surface area contributed by atoms with Crippen molar-refractivity contribution in [2.75, 3.05) is 24.8 Å². The summed E-state index contributed by atoms with van der Waals surface area (Å²) in [6, 6.07) is 4.28. The topological polar surface area (TPSA) is 49.8 Å². The van der Waals surface area contributed by atoms with Crippen molar-refractivity contribution >= 4 is 23.4 Å². The van der Waals surface area contributed by atoms with Gasteiger partial charge in [0.05, 0.1) is 12.8 Å². The van der Waals surface area contributed by atoms with E-state index in [1.807, 2.05) is 13.1 Å². The maximum atomic E-state index is 10.7. The molecular weight excluding hydrogens is 262 g/mol. The van der Waals surface area contributed by atoms with E-state index in [2.05, 4.69) is 17.9 Å². The van der Waals surface area contributed by atoms with Gasteiger partial charge in [-0.15, -0.1) is 11.8 Å². The fourth-order valence-electron chi connectivity index (χ4n) is 2.38. The lowest BCUT2D eigenvalue weighted by molar-refractivity contribution is -0.137. The highest BCUT2D eigenvalue weighted by molar-refractivity contribution is 7.99. The predicted octanol–water partition coefficient (Wildman–Crippen LogP) is 2.78. The normalized spacial score (nSPS) is 18.1. The average molecular weight is 281 g/mol. The van der Waals surface area contributed by atoms with Crippen molar-refractivity contribution < 1.29 is 14.6 Å². The van der Waals surface area contributed by atoms with Crippen molar-refractivity contribution in [1.29, 1.82) is 0 Å². The molecular formula is C14H19NO3S. The maximum absolute atomic E-state index is 10.7. The molecule has 0 fully saturated rings. The highest BCUT2D eigenvalue weighted by Crippen LogP contribution is 2.45. The van der Waals surface area contributed by atoms with Crippen molar-refractivity contribution in [3.8, 4) is 5.75 Å². The molecule has 0 aliphatic carbocycles. The summed E-state index contributed by atoms with van der Waals surface area (Å²) in [7, 11) is 3.69. The van der Waals surface area contributed by atoms with Gasteiger partial charge in [0.15, 0.2) is 0 Å². The van der Waals surface area contributed by atoms with Crippen LogP contribution in [0.3, 0.4) is 0 Å². The lowest BCUT2D eigenvalue weighted by Gasteiger charge is -2.37. The van der Waals surface area contributed by atoms with Crippen LogP contribution in [0.2, 0.25) is 0 Å². The minimum atomic E-state index is -0.736. The lowest BCUT2D eigenvalue weighted by Crippen LogP contribution is -2.37. The zero-order valence-corrected chi connectivity index (χ0v) is 12.3. The number of carboxylic acid groups (broad SMARTS) is 1. The lowest BCUT2D eigenvalue weighted by atomic mass is 10.1. The number of ether oxygens (including phenoxy) is 1. The molecule has 1 aromatic carbocycles. The number of hydrogen-bond donors (Lipinski definition) is 1. The number of methoxy groups -OCH3 is 1. The van der Waals surface area contributed by atoms with Gasteiger partial charge >= 0.3 is 5.97 Å². The fourth-order valence-corrected chi connectivity index (χ4v) is 3.80. The van der Waals surface area contributed by atoms with Gasteiger partial charge in [0.25, 0.3) is 0 Å². The molecule has 1 aliphatic heterocycles. The zero-order chi connectivity index (χ0) is 14.0. The van der Waals surface area contributed by atoms with Crippen LogP contribution in [-0.4, -0.2) is 37.0 Å². The first-order valence-electron chi connectivity index (χ1n) is 6.29. The Bertz CT molecular complexity index is 490. The van der Waals surface area contributed by atoms with E-state index in [0.717, 1.165) is 17.2 Å². The van der Waals surface area contributed by atoms with Crippen molar-refractivity contribution in [2.45, 2.75) is 30.7 Å². The number of aryl methyl sites for hydroxylation is 1. The molecule has 1 N–H and O–H groups in total. The van der Waals surface area contributed by atoms with Crippen LogP contribution >= 0.6 is 11.8 Å². The first-order chi connectivity index (χ1) is 9.04. The number of hydrogen-bond acceptors (Lipinski definition) is 4. The Balaban J connectivity index is 2.28. The van der Waals surface area contributed by atoms with Gasteiger partial charge in [-0.05, 0) is 25.0 Å². The van der Waals surface area contributed by atoms with Gasteiger partial charge in [0.2, 0.25) is 0 Å². The predicted molar refractivity (Wildman–Crippen MR) is 77.5 cm³/mol. The number of anilines is 1. The Hall–Kier alpha value is -1.36. The molecule has 0 bridgehead atoms. The number of benzene rings is 1. The molecule has 0 saturated carbocycles. The summed E-state index contributed by atoms with van der Waals surface area (Å²) in [6.07, 6.45) is 0.869. The highest BCUT2D eigenvalue weighted by atomic mass is 32.2. The molecule has 104 valence electrons. The number of carbonyl (C=O) groups is 1. The Kier molecular flexibility index (Phi) is 4.24. The van der Waals surface area contributed by atoms with E-state index in [4.69, 9.17) is 9.84 Å². The largest absolute Gasteiger partial charge is 0.495 e. The molecule has 1 aromatic rings. The van der Waals surface area contributed by atoms with E-state index in [0.29, 0.717) is 6.42 Å². The van der Waals surface area contributed by atoms with Gasteiger partial charge in [0, 0.05) is 30.2 Å². The standard InChI is InChI=1S/C14H19NO3S/c1-9-4-6-11(18-3)13-14(9)19-8-10(15(13)2)5-7-12(16)17/h4,6,10H,5,7-8H2,1-3H3,(H,16,17). The minimum Gasteiger partial charge on any atom is -0.495 e. The fraction of sp³-hybridized carbons (Fsp3) is 0.500. The third-order valence-corrected chi connectivity index (χ3v) is 4.88. The summed E-state index contributed by atoms with van der Waals surface area (Å²) in [5.41, 5.74) is 2.33. The SMILES string of the molecule is COc1ccc(C)c2c1N(C)C(CCC(=O)O)CS2. The molecule has 0 saturated heterocycles. The smallest absolute Gasteiger partial charge is 0.303 e. The van der Waals surface area contributed by atoms with Crippen LogP contribution < -0.4 is 9.64 Å². The summed E-state index contributed by atoms with van der Waals surface area (Å²) < 4.78 is 5.44. The third kappa shape index (κ3) is 2.81. The number of fused-ring (bicyclic) bond motifs is 1. The van der Waals surface area contributed by atoms with E-state index in [1.54, 1.807) is 18.9 Å². The first kappa shape index (κ1) is 14.1. The Labute approximate surface area is 117 Å². The second-order valence-corrected chi connectivity index (χ2v) is 5.80. The number of thioether (sulfide) groups is 1. The maximum Gasteiger partial charge on any atom is 0.303 e. The number of aliphatic carboxylic acids is 1. The van der Waals surface area contributed by atoms with Crippen molar-refractivity contribution in [3.05, 3.63) is 17.7 Å². The van der Waals surface area contributed by atoms with Gasteiger partial charge in [0.1, 0.15) is 5.75 Å². The second-order valence-electron chi connectivity index (χ2n) is 4.77. The van der Waals surface area contributed by atoms with Gasteiger partial charge in [-0.2, -0.15) is 0 Å². The summed E-state index contributed by atoms with van der Waals surface area (Å²) >= 11 is 1.79. The van der Waals surface area contributed by atoms with Gasteiger partial charge in [-0.1, -0.05) is 6.07 Å². The van der Waals surface area contributed by atoms with E-state index >= 15 is 0 Å². The molecule has 1 unspecified atom stereocenters. The van der Waals surface area contributed by atoms with E-state index in [1.165, 1.54) is 10.5 Å². The molecule has 0 spiro atoms. The Morgan fingerprint density at radius 2 is 2.32 bits per heavy atom. The summed E-state index contributed by atoms with van der Waals surface area (Å²) in [4.78, 5) is 14.1. The summed E-state index contributed by atoms with van der Waals surface area (Å²) in [5, 5.41) is 8.82. The van der Waals surface area contributed by atoms with Crippen LogP contribution in [-0.2, 0) is 4.79 Å². The van der Waals surface area contributed by atoms with Crippen molar-refractivity contribution in [2.24, 2.45) is 0 Å².